The lowest BCUT2D eigenvalue weighted by Gasteiger charge is -2.05. The van der Waals surface area contributed by atoms with Crippen LogP contribution in [0.1, 0.15) is 10.5 Å². The van der Waals surface area contributed by atoms with E-state index >= 15 is 0 Å². The molecule has 5 nitrogen and oxygen atoms in total. The summed E-state index contributed by atoms with van der Waals surface area (Å²) in [6.45, 7) is 0. The molecule has 0 radical (unpaired) electrons. The molecule has 82 valence electrons. The number of carboxylic acid groups (broad SMARTS) is 1. The number of aromatic nitrogens is 1. The van der Waals surface area contributed by atoms with Gasteiger partial charge in [0, 0.05) is 0 Å². The van der Waals surface area contributed by atoms with E-state index in [9.17, 15) is 22.8 Å². The molecule has 1 rings (SSSR count). The van der Waals surface area contributed by atoms with Crippen molar-refractivity contribution >= 4 is 28.2 Å². The minimum Gasteiger partial charge on any atom is -0.476 e. The van der Waals surface area contributed by atoms with Crippen LogP contribution in [0.4, 0.5) is 18.2 Å². The van der Waals surface area contributed by atoms with Crippen LogP contribution in [0.5, 0.6) is 0 Å². The van der Waals surface area contributed by atoms with Crippen molar-refractivity contribution in [2.75, 3.05) is 5.32 Å². The van der Waals surface area contributed by atoms with Crippen LogP contribution >= 0.6 is 11.3 Å². The van der Waals surface area contributed by atoms with E-state index in [1.807, 2.05) is 0 Å². The van der Waals surface area contributed by atoms with Gasteiger partial charge in [0.1, 0.15) is 5.00 Å². The normalized spacial score (nSPS) is 11.1. The van der Waals surface area contributed by atoms with Crippen molar-refractivity contribution in [3.8, 4) is 0 Å². The molecule has 0 unspecified atom stereocenters. The molecule has 0 aliphatic heterocycles. The van der Waals surface area contributed by atoms with Gasteiger partial charge in [-0.3, -0.25) is 4.79 Å². The van der Waals surface area contributed by atoms with Crippen LogP contribution < -0.4 is 5.32 Å². The second-order valence-electron chi connectivity index (χ2n) is 2.29. The van der Waals surface area contributed by atoms with E-state index in [2.05, 4.69) is 4.98 Å². The first-order valence-electron chi connectivity index (χ1n) is 3.37. The number of carbonyl (C=O) groups is 2. The first-order chi connectivity index (χ1) is 6.82. The second-order valence-corrected chi connectivity index (χ2v) is 3.14. The molecule has 9 heteroatoms. The van der Waals surface area contributed by atoms with Crippen molar-refractivity contribution in [2.24, 2.45) is 0 Å². The highest BCUT2D eigenvalue weighted by molar-refractivity contribution is 7.14. The number of aromatic carboxylic acids is 1. The quantitative estimate of drug-likeness (QED) is 0.817. The Morgan fingerprint density at radius 3 is 2.53 bits per heavy atom. The first kappa shape index (κ1) is 11.4. The number of rotatable bonds is 2. The molecular formula is C6H3F3N2O3S. The summed E-state index contributed by atoms with van der Waals surface area (Å²) in [5, 5.41) is 9.46. The van der Waals surface area contributed by atoms with Crippen molar-refractivity contribution in [3.05, 3.63) is 11.2 Å². The molecule has 1 aromatic heterocycles. The molecule has 0 aromatic carbocycles. The lowest BCUT2D eigenvalue weighted by atomic mass is 10.4. The minimum absolute atomic E-state index is 0.440. The SMILES string of the molecule is O=C(O)c1ncsc1NC(=O)C(F)(F)F. The van der Waals surface area contributed by atoms with E-state index in [1.165, 1.54) is 5.32 Å². The van der Waals surface area contributed by atoms with E-state index in [0.717, 1.165) is 5.51 Å². The smallest absolute Gasteiger partial charge is 0.471 e. The average molecular weight is 240 g/mol. The molecule has 0 spiro atoms. The largest absolute Gasteiger partial charge is 0.476 e. The van der Waals surface area contributed by atoms with E-state index < -0.39 is 28.7 Å². The third kappa shape index (κ3) is 2.65. The van der Waals surface area contributed by atoms with Gasteiger partial charge >= 0.3 is 18.1 Å². The Balaban J connectivity index is 2.86. The summed E-state index contributed by atoms with van der Waals surface area (Å²) < 4.78 is 35.4. The van der Waals surface area contributed by atoms with E-state index in [1.54, 1.807) is 0 Å². The Hall–Kier alpha value is -1.64. The van der Waals surface area contributed by atoms with Crippen LogP contribution in [0.2, 0.25) is 0 Å². The zero-order valence-corrected chi connectivity index (χ0v) is 7.65. The number of hydrogen-bond donors (Lipinski definition) is 2. The zero-order chi connectivity index (χ0) is 11.6. The first-order valence-corrected chi connectivity index (χ1v) is 4.25. The van der Waals surface area contributed by atoms with Crippen LogP contribution in [-0.2, 0) is 4.79 Å². The molecule has 0 saturated heterocycles. The molecule has 1 heterocycles. The highest BCUT2D eigenvalue weighted by Gasteiger charge is 2.39. The number of thiazole rings is 1. The number of carboxylic acids is 1. The molecule has 15 heavy (non-hydrogen) atoms. The fourth-order valence-electron chi connectivity index (χ4n) is 0.661. The third-order valence-corrected chi connectivity index (χ3v) is 2.00. The number of nitrogens with zero attached hydrogens (tertiary/aromatic N) is 1. The standard InChI is InChI=1S/C6H3F3N2O3S/c7-6(8,9)5(14)11-3-2(4(12)13)10-1-15-3/h1H,(H,11,14)(H,12,13). The molecule has 0 atom stereocenters. The van der Waals surface area contributed by atoms with Crippen molar-refractivity contribution in [3.63, 3.8) is 0 Å². The zero-order valence-electron chi connectivity index (χ0n) is 6.83. The van der Waals surface area contributed by atoms with Gasteiger partial charge in [0.2, 0.25) is 0 Å². The summed E-state index contributed by atoms with van der Waals surface area (Å²) in [6.07, 6.45) is -5.06. The van der Waals surface area contributed by atoms with Crippen LogP contribution in [0.25, 0.3) is 0 Å². The molecule has 0 aliphatic carbocycles. The van der Waals surface area contributed by atoms with Crippen LogP contribution in [0, 0.1) is 0 Å². The highest BCUT2D eigenvalue weighted by atomic mass is 32.1. The lowest BCUT2D eigenvalue weighted by Crippen LogP contribution is -2.30. The number of hydrogen-bond acceptors (Lipinski definition) is 4. The van der Waals surface area contributed by atoms with Gasteiger partial charge in [-0.1, -0.05) is 0 Å². The minimum atomic E-state index is -5.06. The highest BCUT2D eigenvalue weighted by Crippen LogP contribution is 2.23. The predicted molar refractivity (Wildman–Crippen MR) is 43.8 cm³/mol. The number of anilines is 1. The molecule has 0 aliphatic rings. The van der Waals surface area contributed by atoms with Crippen molar-refractivity contribution < 1.29 is 27.9 Å². The lowest BCUT2D eigenvalue weighted by molar-refractivity contribution is -0.167. The van der Waals surface area contributed by atoms with Crippen LogP contribution in [0.3, 0.4) is 0 Å². The third-order valence-electron chi connectivity index (χ3n) is 1.25. The molecule has 1 amide bonds. The maximum absolute atomic E-state index is 11.8. The maximum Gasteiger partial charge on any atom is 0.471 e. The Morgan fingerprint density at radius 2 is 2.07 bits per heavy atom. The van der Waals surface area contributed by atoms with Gasteiger partial charge in [0.25, 0.3) is 0 Å². The summed E-state index contributed by atoms with van der Waals surface area (Å²) >= 11 is 0.598. The molecule has 0 fully saturated rings. The van der Waals surface area contributed by atoms with E-state index in [0.29, 0.717) is 11.3 Å². The molecular weight excluding hydrogens is 237 g/mol. The van der Waals surface area contributed by atoms with Crippen molar-refractivity contribution in [1.29, 1.82) is 0 Å². The fraction of sp³-hybridized carbons (Fsp3) is 0.167. The molecule has 1 aromatic rings. The number of alkyl halides is 3. The van der Waals surface area contributed by atoms with E-state index in [4.69, 9.17) is 5.11 Å². The second kappa shape index (κ2) is 3.85. The Morgan fingerprint density at radius 1 is 1.47 bits per heavy atom. The Labute approximate surface area is 84.5 Å². The van der Waals surface area contributed by atoms with E-state index in [-0.39, 0.29) is 0 Å². The Bertz CT molecular complexity index is 401. The number of carbonyl (C=O) groups excluding carboxylic acids is 1. The molecule has 2 N–H and O–H groups in total. The summed E-state index contributed by atoms with van der Waals surface area (Å²) in [7, 11) is 0. The maximum atomic E-state index is 11.8. The van der Waals surface area contributed by atoms with Crippen molar-refractivity contribution in [2.45, 2.75) is 6.18 Å². The summed E-state index contributed by atoms with van der Waals surface area (Å²) in [6, 6.07) is 0. The van der Waals surface area contributed by atoms with Crippen LogP contribution in [-0.4, -0.2) is 28.1 Å². The molecule has 0 bridgehead atoms. The van der Waals surface area contributed by atoms with Crippen molar-refractivity contribution in [1.82, 2.24) is 4.98 Å². The monoisotopic (exact) mass is 240 g/mol. The van der Waals surface area contributed by atoms with Crippen LogP contribution in [0.15, 0.2) is 5.51 Å². The number of amides is 1. The topological polar surface area (TPSA) is 79.3 Å². The van der Waals surface area contributed by atoms with Gasteiger partial charge < -0.3 is 10.4 Å². The van der Waals surface area contributed by atoms with Gasteiger partial charge in [-0.15, -0.1) is 11.3 Å². The van der Waals surface area contributed by atoms with Gasteiger partial charge in [-0.2, -0.15) is 13.2 Å². The van der Waals surface area contributed by atoms with Gasteiger partial charge in [0.05, 0.1) is 5.51 Å². The number of nitrogens with one attached hydrogen (secondary N) is 1. The summed E-state index contributed by atoms with van der Waals surface area (Å²) in [5.74, 6) is -3.73. The fourth-order valence-corrected chi connectivity index (χ4v) is 1.33. The summed E-state index contributed by atoms with van der Waals surface area (Å²) in [4.78, 5) is 24.2. The number of halogens is 3. The van der Waals surface area contributed by atoms with Gasteiger partial charge in [-0.05, 0) is 0 Å². The van der Waals surface area contributed by atoms with Gasteiger partial charge in [-0.25, -0.2) is 9.78 Å². The molecule has 0 saturated carbocycles. The predicted octanol–water partition coefficient (Wildman–Crippen LogP) is 1.34. The average Bonchev–Trinajstić information content (AvgIpc) is 2.50. The Kier molecular flexibility index (Phi) is 2.93. The summed E-state index contributed by atoms with van der Waals surface area (Å²) in [5.41, 5.74) is 0.410. The van der Waals surface area contributed by atoms with Gasteiger partial charge in [0.15, 0.2) is 5.69 Å².